The van der Waals surface area contributed by atoms with E-state index in [-0.39, 0.29) is 11.9 Å². The number of nitrogens with one attached hydrogen (secondary N) is 1. The maximum absolute atomic E-state index is 12.2. The zero-order valence-electron chi connectivity index (χ0n) is 10.9. The van der Waals surface area contributed by atoms with E-state index in [9.17, 15) is 4.79 Å². The molecule has 0 saturated heterocycles. The monoisotopic (exact) mass is 321 g/mol. The largest absolute Gasteiger partial charge is 0.348 e. The summed E-state index contributed by atoms with van der Waals surface area (Å²) in [4.78, 5) is 12.2. The molecule has 1 heterocycles. The van der Waals surface area contributed by atoms with Gasteiger partial charge in [0.15, 0.2) is 0 Å². The fraction of sp³-hybridized carbons (Fsp3) is 0.286. The molecule has 19 heavy (non-hydrogen) atoms. The molecule has 100 valence electrons. The van der Waals surface area contributed by atoms with Gasteiger partial charge in [0, 0.05) is 22.9 Å². The lowest BCUT2D eigenvalue weighted by Gasteiger charge is -2.15. The SMILES string of the molecule is Cc1ccc(Br)c(C(=O)NC(C)Cn2cccn2)c1. The predicted octanol–water partition coefficient (Wildman–Crippen LogP) is 2.77. The summed E-state index contributed by atoms with van der Waals surface area (Å²) in [6.45, 7) is 4.59. The molecule has 0 aliphatic rings. The van der Waals surface area contributed by atoms with Crippen molar-refractivity contribution in [3.8, 4) is 0 Å². The Kier molecular flexibility index (Phi) is 4.37. The average molecular weight is 322 g/mol. The highest BCUT2D eigenvalue weighted by atomic mass is 79.9. The summed E-state index contributed by atoms with van der Waals surface area (Å²) in [6, 6.07) is 7.61. The zero-order valence-corrected chi connectivity index (χ0v) is 12.5. The van der Waals surface area contributed by atoms with E-state index in [0.29, 0.717) is 12.1 Å². The van der Waals surface area contributed by atoms with Crippen LogP contribution in [0.2, 0.25) is 0 Å². The highest BCUT2D eigenvalue weighted by molar-refractivity contribution is 9.10. The third-order valence-electron chi connectivity index (χ3n) is 2.76. The van der Waals surface area contributed by atoms with Crippen LogP contribution in [0.1, 0.15) is 22.8 Å². The smallest absolute Gasteiger partial charge is 0.252 e. The summed E-state index contributed by atoms with van der Waals surface area (Å²) >= 11 is 3.40. The number of hydrogen-bond donors (Lipinski definition) is 1. The first-order valence-corrected chi connectivity index (χ1v) is 6.90. The second-order valence-corrected chi connectivity index (χ2v) is 5.44. The lowest BCUT2D eigenvalue weighted by molar-refractivity contribution is 0.0935. The van der Waals surface area contributed by atoms with Gasteiger partial charge in [-0.05, 0) is 48.0 Å². The molecule has 1 N–H and O–H groups in total. The molecule has 5 heteroatoms. The number of aryl methyl sites for hydroxylation is 1. The van der Waals surface area contributed by atoms with Gasteiger partial charge < -0.3 is 5.32 Å². The van der Waals surface area contributed by atoms with Gasteiger partial charge in [-0.25, -0.2) is 0 Å². The lowest BCUT2D eigenvalue weighted by atomic mass is 10.1. The number of carbonyl (C=O) groups is 1. The van der Waals surface area contributed by atoms with Crippen LogP contribution in [0.3, 0.4) is 0 Å². The quantitative estimate of drug-likeness (QED) is 0.941. The molecular formula is C14H16BrN3O. The Labute approximate surface area is 120 Å². The Morgan fingerprint density at radius 2 is 2.32 bits per heavy atom. The molecule has 0 bridgehead atoms. The molecule has 0 saturated carbocycles. The Hall–Kier alpha value is -1.62. The second kappa shape index (κ2) is 6.02. The van der Waals surface area contributed by atoms with Crippen molar-refractivity contribution < 1.29 is 4.79 Å². The molecule has 0 spiro atoms. The second-order valence-electron chi connectivity index (χ2n) is 4.59. The highest BCUT2D eigenvalue weighted by Crippen LogP contribution is 2.18. The van der Waals surface area contributed by atoms with E-state index in [1.807, 2.05) is 44.3 Å². The molecule has 1 aromatic heterocycles. The molecular weight excluding hydrogens is 306 g/mol. The predicted molar refractivity (Wildman–Crippen MR) is 78.0 cm³/mol. The van der Waals surface area contributed by atoms with Crippen LogP contribution in [-0.4, -0.2) is 21.7 Å². The fourth-order valence-electron chi connectivity index (χ4n) is 1.85. The summed E-state index contributed by atoms with van der Waals surface area (Å²) in [5.74, 6) is -0.0739. The minimum absolute atomic E-state index is 0.0137. The Morgan fingerprint density at radius 1 is 1.53 bits per heavy atom. The van der Waals surface area contributed by atoms with Crippen molar-refractivity contribution in [1.82, 2.24) is 15.1 Å². The number of amides is 1. The number of nitrogens with zero attached hydrogens (tertiary/aromatic N) is 2. The molecule has 0 radical (unpaired) electrons. The number of benzene rings is 1. The molecule has 1 amide bonds. The average Bonchev–Trinajstić information content (AvgIpc) is 2.84. The van der Waals surface area contributed by atoms with Gasteiger partial charge in [0.25, 0.3) is 5.91 Å². The molecule has 4 nitrogen and oxygen atoms in total. The third-order valence-corrected chi connectivity index (χ3v) is 3.46. The van der Waals surface area contributed by atoms with Gasteiger partial charge in [0.2, 0.25) is 0 Å². The van der Waals surface area contributed by atoms with Crippen LogP contribution in [0.25, 0.3) is 0 Å². The van der Waals surface area contributed by atoms with E-state index in [2.05, 4.69) is 26.3 Å². The molecule has 0 fully saturated rings. The number of rotatable bonds is 4. The van der Waals surface area contributed by atoms with Crippen molar-refractivity contribution >= 4 is 21.8 Å². The normalized spacial score (nSPS) is 12.2. The number of aromatic nitrogens is 2. The van der Waals surface area contributed by atoms with Crippen LogP contribution in [0.15, 0.2) is 41.1 Å². The summed E-state index contributed by atoms with van der Waals surface area (Å²) in [5, 5.41) is 7.10. The molecule has 2 aromatic rings. The van der Waals surface area contributed by atoms with E-state index < -0.39 is 0 Å². The standard InChI is InChI=1S/C14H16BrN3O/c1-10-4-5-13(15)12(8-10)14(19)17-11(2)9-18-7-3-6-16-18/h3-8,11H,9H2,1-2H3,(H,17,19). The third kappa shape index (κ3) is 3.67. The molecule has 1 unspecified atom stereocenters. The van der Waals surface area contributed by atoms with Crippen LogP contribution >= 0.6 is 15.9 Å². The van der Waals surface area contributed by atoms with Gasteiger partial charge in [-0.1, -0.05) is 11.6 Å². The van der Waals surface area contributed by atoms with Gasteiger partial charge in [0.1, 0.15) is 0 Å². The molecule has 1 aromatic carbocycles. The Balaban J connectivity index is 2.02. The van der Waals surface area contributed by atoms with Crippen molar-refractivity contribution in [1.29, 1.82) is 0 Å². The first kappa shape index (κ1) is 13.8. The molecule has 2 rings (SSSR count). The van der Waals surface area contributed by atoms with Crippen molar-refractivity contribution in [3.05, 3.63) is 52.3 Å². The maximum atomic E-state index is 12.2. The Morgan fingerprint density at radius 3 is 3.00 bits per heavy atom. The highest BCUT2D eigenvalue weighted by Gasteiger charge is 2.13. The van der Waals surface area contributed by atoms with Crippen molar-refractivity contribution in [3.63, 3.8) is 0 Å². The van der Waals surface area contributed by atoms with E-state index in [0.717, 1.165) is 10.0 Å². The molecule has 1 atom stereocenters. The van der Waals surface area contributed by atoms with Gasteiger partial charge >= 0.3 is 0 Å². The van der Waals surface area contributed by atoms with Gasteiger partial charge in [0.05, 0.1) is 12.1 Å². The molecule has 0 aliphatic carbocycles. The number of hydrogen-bond acceptors (Lipinski definition) is 2. The van der Waals surface area contributed by atoms with Crippen LogP contribution in [0, 0.1) is 6.92 Å². The minimum Gasteiger partial charge on any atom is -0.348 e. The summed E-state index contributed by atoms with van der Waals surface area (Å²) < 4.78 is 2.61. The van der Waals surface area contributed by atoms with E-state index >= 15 is 0 Å². The van der Waals surface area contributed by atoms with Crippen LogP contribution in [0.5, 0.6) is 0 Å². The first-order valence-electron chi connectivity index (χ1n) is 6.10. The van der Waals surface area contributed by atoms with E-state index in [4.69, 9.17) is 0 Å². The zero-order chi connectivity index (χ0) is 13.8. The maximum Gasteiger partial charge on any atom is 0.252 e. The van der Waals surface area contributed by atoms with Gasteiger partial charge in [-0.3, -0.25) is 9.48 Å². The minimum atomic E-state index is -0.0739. The van der Waals surface area contributed by atoms with Crippen LogP contribution in [0.4, 0.5) is 0 Å². The fourth-order valence-corrected chi connectivity index (χ4v) is 2.28. The first-order chi connectivity index (χ1) is 9.06. The Bertz CT molecular complexity index is 566. The summed E-state index contributed by atoms with van der Waals surface area (Å²) in [7, 11) is 0. The van der Waals surface area contributed by atoms with Crippen molar-refractivity contribution in [2.45, 2.75) is 26.4 Å². The molecule has 0 aliphatic heterocycles. The van der Waals surface area contributed by atoms with E-state index in [1.165, 1.54) is 0 Å². The van der Waals surface area contributed by atoms with E-state index in [1.54, 1.807) is 10.9 Å². The van der Waals surface area contributed by atoms with Crippen LogP contribution in [-0.2, 0) is 6.54 Å². The van der Waals surface area contributed by atoms with Gasteiger partial charge in [-0.2, -0.15) is 5.10 Å². The van der Waals surface area contributed by atoms with Crippen molar-refractivity contribution in [2.24, 2.45) is 0 Å². The topological polar surface area (TPSA) is 46.9 Å². The summed E-state index contributed by atoms with van der Waals surface area (Å²) in [5.41, 5.74) is 1.72. The summed E-state index contributed by atoms with van der Waals surface area (Å²) in [6.07, 6.45) is 3.61. The van der Waals surface area contributed by atoms with Gasteiger partial charge in [-0.15, -0.1) is 0 Å². The number of halogens is 1. The van der Waals surface area contributed by atoms with Crippen LogP contribution < -0.4 is 5.32 Å². The number of carbonyl (C=O) groups excluding carboxylic acids is 1. The lowest BCUT2D eigenvalue weighted by Crippen LogP contribution is -2.36. The van der Waals surface area contributed by atoms with Crippen molar-refractivity contribution in [2.75, 3.05) is 0 Å².